The van der Waals surface area contributed by atoms with Gasteiger partial charge in [0, 0.05) is 10.6 Å². The van der Waals surface area contributed by atoms with Gasteiger partial charge in [0.25, 0.3) is 0 Å². The van der Waals surface area contributed by atoms with Gasteiger partial charge in [-0.15, -0.1) is 11.8 Å². The van der Waals surface area contributed by atoms with Gasteiger partial charge in [-0.05, 0) is 43.2 Å². The van der Waals surface area contributed by atoms with E-state index >= 15 is 0 Å². The first kappa shape index (κ1) is 17.2. The molecule has 0 aliphatic heterocycles. The maximum absolute atomic E-state index is 12.2. The quantitative estimate of drug-likeness (QED) is 0.688. The topological polar surface area (TPSA) is 59.8 Å². The van der Waals surface area contributed by atoms with E-state index in [1.165, 1.54) is 17.5 Å². The first-order valence-electron chi connectivity index (χ1n) is 8.01. The first-order valence-corrected chi connectivity index (χ1v) is 9.00. The molecule has 1 amide bonds. The Morgan fingerprint density at radius 3 is 2.68 bits per heavy atom. The molecule has 3 rings (SSSR count). The van der Waals surface area contributed by atoms with Gasteiger partial charge in [-0.2, -0.15) is 5.10 Å². The lowest BCUT2D eigenvalue weighted by Gasteiger charge is -2.08. The van der Waals surface area contributed by atoms with Crippen molar-refractivity contribution in [3.8, 4) is 0 Å². The van der Waals surface area contributed by atoms with Crippen molar-refractivity contribution in [2.75, 3.05) is 11.1 Å². The van der Waals surface area contributed by atoms with Crippen LogP contribution in [0.5, 0.6) is 0 Å². The van der Waals surface area contributed by atoms with Crippen LogP contribution in [-0.4, -0.2) is 26.4 Å². The third-order valence-electron chi connectivity index (χ3n) is 3.75. The number of hydrogen-bond acceptors (Lipinski definition) is 4. The van der Waals surface area contributed by atoms with Crippen molar-refractivity contribution in [1.29, 1.82) is 0 Å². The molecule has 0 aliphatic rings. The van der Waals surface area contributed by atoms with Crippen molar-refractivity contribution < 1.29 is 4.79 Å². The lowest BCUT2D eigenvalue weighted by molar-refractivity contribution is -0.113. The Balaban J connectivity index is 1.53. The highest BCUT2D eigenvalue weighted by molar-refractivity contribution is 8.00. The first-order chi connectivity index (χ1) is 12.1. The monoisotopic (exact) mass is 352 g/mol. The lowest BCUT2D eigenvalue weighted by atomic mass is 10.2. The van der Waals surface area contributed by atoms with Gasteiger partial charge >= 0.3 is 0 Å². The number of aryl methyl sites for hydroxylation is 2. The normalized spacial score (nSPS) is 10.6. The average molecular weight is 352 g/mol. The van der Waals surface area contributed by atoms with Crippen LogP contribution in [0.15, 0.2) is 60.0 Å². The van der Waals surface area contributed by atoms with Gasteiger partial charge < -0.3 is 5.32 Å². The van der Waals surface area contributed by atoms with Crippen LogP contribution in [0.4, 0.5) is 5.69 Å². The average Bonchev–Trinajstić information content (AvgIpc) is 3.10. The van der Waals surface area contributed by atoms with Gasteiger partial charge in [0.05, 0.1) is 12.3 Å². The second-order valence-electron chi connectivity index (χ2n) is 5.90. The van der Waals surface area contributed by atoms with Gasteiger partial charge in [0.2, 0.25) is 5.91 Å². The number of nitrogens with one attached hydrogen (secondary N) is 1. The predicted octanol–water partition coefficient (Wildman–Crippen LogP) is 3.67. The molecule has 0 fully saturated rings. The van der Waals surface area contributed by atoms with E-state index in [1.54, 1.807) is 22.8 Å². The van der Waals surface area contributed by atoms with Gasteiger partial charge in [-0.25, -0.2) is 9.67 Å². The van der Waals surface area contributed by atoms with Gasteiger partial charge in [-0.1, -0.05) is 29.8 Å². The SMILES string of the molecule is Cc1ccc(C)c(SCC(=O)Nc2ccc(Cn3cncn3)cc2)c1. The number of rotatable bonds is 6. The Bertz CT molecular complexity index is 844. The zero-order valence-corrected chi connectivity index (χ0v) is 15.1. The van der Waals surface area contributed by atoms with Gasteiger partial charge in [0.1, 0.15) is 12.7 Å². The van der Waals surface area contributed by atoms with Crippen LogP contribution in [0.3, 0.4) is 0 Å². The molecule has 0 saturated carbocycles. The van der Waals surface area contributed by atoms with E-state index in [1.807, 2.05) is 24.3 Å². The van der Waals surface area contributed by atoms with Crippen LogP contribution in [0.25, 0.3) is 0 Å². The van der Waals surface area contributed by atoms with Crippen LogP contribution in [0, 0.1) is 13.8 Å². The number of aromatic nitrogens is 3. The van der Waals surface area contributed by atoms with Crippen molar-refractivity contribution >= 4 is 23.4 Å². The molecule has 2 aromatic carbocycles. The van der Waals surface area contributed by atoms with Crippen LogP contribution >= 0.6 is 11.8 Å². The molecule has 5 nitrogen and oxygen atoms in total. The summed E-state index contributed by atoms with van der Waals surface area (Å²) in [5.41, 5.74) is 4.31. The van der Waals surface area contributed by atoms with Crippen molar-refractivity contribution in [1.82, 2.24) is 14.8 Å². The van der Waals surface area contributed by atoms with Crippen LogP contribution in [0.1, 0.15) is 16.7 Å². The fourth-order valence-electron chi connectivity index (χ4n) is 2.40. The Labute approximate surface area is 151 Å². The predicted molar refractivity (Wildman–Crippen MR) is 101 cm³/mol. The highest BCUT2D eigenvalue weighted by Gasteiger charge is 2.06. The number of carbonyl (C=O) groups excluding carboxylic acids is 1. The summed E-state index contributed by atoms with van der Waals surface area (Å²) in [4.78, 5) is 17.2. The second kappa shape index (κ2) is 7.98. The number of carbonyl (C=O) groups is 1. The van der Waals surface area contributed by atoms with E-state index in [0.717, 1.165) is 16.1 Å². The minimum absolute atomic E-state index is 0.00469. The summed E-state index contributed by atoms with van der Waals surface area (Å²) in [7, 11) is 0. The maximum Gasteiger partial charge on any atom is 0.234 e. The van der Waals surface area contributed by atoms with E-state index in [2.05, 4.69) is 47.4 Å². The van der Waals surface area contributed by atoms with Crippen molar-refractivity contribution in [2.45, 2.75) is 25.3 Å². The smallest absolute Gasteiger partial charge is 0.234 e. The minimum Gasteiger partial charge on any atom is -0.325 e. The molecule has 128 valence electrons. The second-order valence-corrected chi connectivity index (χ2v) is 6.91. The fraction of sp³-hybridized carbons (Fsp3) is 0.211. The van der Waals surface area contributed by atoms with E-state index in [-0.39, 0.29) is 5.91 Å². The molecule has 0 bridgehead atoms. The molecule has 25 heavy (non-hydrogen) atoms. The summed E-state index contributed by atoms with van der Waals surface area (Å²) in [6.07, 6.45) is 3.20. The molecule has 0 aliphatic carbocycles. The summed E-state index contributed by atoms with van der Waals surface area (Å²) in [5.74, 6) is 0.389. The third-order valence-corrected chi connectivity index (χ3v) is 4.91. The van der Waals surface area contributed by atoms with Gasteiger partial charge in [0.15, 0.2) is 0 Å². The number of hydrogen-bond donors (Lipinski definition) is 1. The fourth-order valence-corrected chi connectivity index (χ4v) is 3.32. The molecule has 3 aromatic rings. The third kappa shape index (κ3) is 4.93. The van der Waals surface area contributed by atoms with Crippen LogP contribution in [0.2, 0.25) is 0 Å². The van der Waals surface area contributed by atoms with Crippen molar-refractivity contribution in [3.05, 3.63) is 71.8 Å². The summed E-state index contributed by atoms with van der Waals surface area (Å²) in [5, 5.41) is 7.02. The Kier molecular flexibility index (Phi) is 5.50. The highest BCUT2D eigenvalue weighted by atomic mass is 32.2. The summed E-state index contributed by atoms with van der Waals surface area (Å²) >= 11 is 1.56. The number of benzene rings is 2. The molecular formula is C19H20N4OS. The van der Waals surface area contributed by atoms with E-state index < -0.39 is 0 Å². The maximum atomic E-state index is 12.2. The largest absolute Gasteiger partial charge is 0.325 e. The number of thioether (sulfide) groups is 1. The van der Waals surface area contributed by atoms with E-state index in [9.17, 15) is 4.79 Å². The molecule has 1 aromatic heterocycles. The van der Waals surface area contributed by atoms with E-state index in [0.29, 0.717) is 12.3 Å². The van der Waals surface area contributed by atoms with Crippen molar-refractivity contribution in [3.63, 3.8) is 0 Å². The number of anilines is 1. The van der Waals surface area contributed by atoms with Crippen LogP contribution in [-0.2, 0) is 11.3 Å². The number of nitrogens with zero attached hydrogens (tertiary/aromatic N) is 3. The molecule has 0 unspecified atom stereocenters. The molecule has 1 N–H and O–H groups in total. The summed E-state index contributed by atoms with van der Waals surface area (Å²) in [6.45, 7) is 4.79. The zero-order valence-electron chi connectivity index (χ0n) is 14.3. The molecular weight excluding hydrogens is 332 g/mol. The molecule has 0 radical (unpaired) electrons. The number of amides is 1. The zero-order chi connectivity index (χ0) is 17.6. The van der Waals surface area contributed by atoms with Crippen LogP contribution < -0.4 is 5.32 Å². The standard InChI is InChI=1S/C19H20N4OS/c1-14-3-4-15(2)18(9-14)25-11-19(24)22-17-7-5-16(6-8-17)10-23-13-20-12-21-23/h3-9,12-13H,10-11H2,1-2H3,(H,22,24). The Hall–Kier alpha value is -2.60. The Morgan fingerprint density at radius 1 is 1.16 bits per heavy atom. The summed E-state index contributed by atoms with van der Waals surface area (Å²) < 4.78 is 1.76. The molecule has 0 atom stereocenters. The minimum atomic E-state index is -0.00469. The molecule has 6 heteroatoms. The molecule has 0 saturated heterocycles. The summed E-state index contributed by atoms with van der Waals surface area (Å²) in [6, 6.07) is 14.1. The molecule has 1 heterocycles. The molecule has 0 spiro atoms. The Morgan fingerprint density at radius 2 is 1.96 bits per heavy atom. The van der Waals surface area contributed by atoms with E-state index in [4.69, 9.17) is 0 Å². The highest BCUT2D eigenvalue weighted by Crippen LogP contribution is 2.23. The van der Waals surface area contributed by atoms with Gasteiger partial charge in [-0.3, -0.25) is 4.79 Å². The lowest BCUT2D eigenvalue weighted by Crippen LogP contribution is -2.14. The van der Waals surface area contributed by atoms with Crippen molar-refractivity contribution in [2.24, 2.45) is 0 Å².